The summed E-state index contributed by atoms with van der Waals surface area (Å²) in [5, 5.41) is 5.99. The van der Waals surface area contributed by atoms with Crippen LogP contribution < -0.4 is 0 Å². The van der Waals surface area contributed by atoms with Crippen LogP contribution in [-0.2, 0) is 23.1 Å². The van der Waals surface area contributed by atoms with Gasteiger partial charge in [0.05, 0.1) is 5.69 Å². The first-order valence-corrected chi connectivity index (χ1v) is 10.8. The predicted molar refractivity (Wildman–Crippen MR) is 115 cm³/mol. The largest absolute Gasteiger partial charge is 0.444 e. The van der Waals surface area contributed by atoms with E-state index in [1.165, 1.54) is 11.4 Å². The van der Waals surface area contributed by atoms with Gasteiger partial charge in [0.2, 0.25) is 0 Å². The Bertz CT molecular complexity index is 1120. The van der Waals surface area contributed by atoms with Crippen LogP contribution in [-0.4, -0.2) is 49.4 Å². The Hall–Kier alpha value is -2.83. The molecule has 0 aliphatic carbocycles. The van der Waals surface area contributed by atoms with Crippen LogP contribution in [0.3, 0.4) is 0 Å². The third-order valence-electron chi connectivity index (χ3n) is 6.33. The molecule has 158 valence electrons. The minimum atomic E-state index is -0.473. The van der Waals surface area contributed by atoms with E-state index in [1.807, 2.05) is 31.9 Å². The second-order valence-electron chi connectivity index (χ2n) is 9.63. The summed E-state index contributed by atoms with van der Waals surface area (Å²) in [4.78, 5) is 22.4. The lowest BCUT2D eigenvalue weighted by Crippen LogP contribution is -2.37. The summed E-state index contributed by atoms with van der Waals surface area (Å²) < 4.78 is 7.71. The topological polar surface area (TPSA) is 76.0 Å². The summed E-state index contributed by atoms with van der Waals surface area (Å²) in [6.45, 7) is 10.2. The van der Waals surface area contributed by atoms with Crippen molar-refractivity contribution in [1.82, 2.24) is 24.6 Å². The number of nitrogens with zero attached hydrogens (tertiary/aromatic N) is 4. The normalized spacial score (nSPS) is 21.0. The van der Waals surface area contributed by atoms with Gasteiger partial charge in [-0.05, 0) is 58.2 Å². The van der Waals surface area contributed by atoms with Crippen LogP contribution in [0.25, 0.3) is 22.3 Å². The molecular weight excluding hydrogens is 378 g/mol. The first-order chi connectivity index (χ1) is 14.3. The summed E-state index contributed by atoms with van der Waals surface area (Å²) in [5.41, 5.74) is 4.82. The molecule has 5 rings (SSSR count). The quantitative estimate of drug-likeness (QED) is 0.688. The van der Waals surface area contributed by atoms with Crippen molar-refractivity contribution in [3.05, 3.63) is 35.8 Å². The summed E-state index contributed by atoms with van der Waals surface area (Å²) in [7, 11) is 0. The number of rotatable bonds is 2. The van der Waals surface area contributed by atoms with Crippen molar-refractivity contribution in [3.63, 3.8) is 0 Å². The van der Waals surface area contributed by atoms with Crippen molar-refractivity contribution < 1.29 is 9.53 Å². The van der Waals surface area contributed by atoms with Gasteiger partial charge in [-0.2, -0.15) is 5.10 Å². The average Bonchev–Trinajstić information content (AvgIpc) is 3.44. The van der Waals surface area contributed by atoms with Gasteiger partial charge in [0.25, 0.3) is 0 Å². The lowest BCUT2D eigenvalue weighted by Gasteiger charge is -2.26. The summed E-state index contributed by atoms with van der Waals surface area (Å²) in [6.07, 6.45) is 4.61. The van der Waals surface area contributed by atoms with E-state index in [0.29, 0.717) is 6.54 Å². The molecule has 7 heteroatoms. The number of amides is 1. The third-order valence-corrected chi connectivity index (χ3v) is 6.33. The highest BCUT2D eigenvalue weighted by Crippen LogP contribution is 2.44. The highest BCUT2D eigenvalue weighted by atomic mass is 16.6. The molecule has 1 spiro atoms. The van der Waals surface area contributed by atoms with E-state index < -0.39 is 5.60 Å². The van der Waals surface area contributed by atoms with Crippen LogP contribution in [0.2, 0.25) is 0 Å². The Morgan fingerprint density at radius 3 is 2.80 bits per heavy atom. The van der Waals surface area contributed by atoms with Crippen molar-refractivity contribution >= 4 is 17.1 Å². The molecule has 2 aliphatic heterocycles. The molecule has 0 radical (unpaired) electrons. The Balaban J connectivity index is 1.41. The van der Waals surface area contributed by atoms with E-state index in [1.54, 1.807) is 0 Å². The van der Waals surface area contributed by atoms with E-state index in [2.05, 4.69) is 39.8 Å². The van der Waals surface area contributed by atoms with Gasteiger partial charge in [-0.1, -0.05) is 6.92 Å². The number of aryl methyl sites for hydroxylation is 2. The number of nitrogens with one attached hydrogen (secondary N) is 1. The van der Waals surface area contributed by atoms with E-state index in [0.717, 1.165) is 54.6 Å². The number of H-pyrrole nitrogens is 1. The number of hydrogen-bond acceptors (Lipinski definition) is 4. The maximum absolute atomic E-state index is 12.6. The number of aromatic amines is 1. The Kier molecular flexibility index (Phi) is 4.21. The molecule has 5 heterocycles. The van der Waals surface area contributed by atoms with Gasteiger partial charge in [-0.15, -0.1) is 0 Å². The van der Waals surface area contributed by atoms with E-state index in [4.69, 9.17) is 9.84 Å². The Morgan fingerprint density at radius 1 is 1.23 bits per heavy atom. The van der Waals surface area contributed by atoms with Crippen LogP contribution in [0.5, 0.6) is 0 Å². The summed E-state index contributed by atoms with van der Waals surface area (Å²) in [5.74, 6) is 0. The fourth-order valence-corrected chi connectivity index (χ4v) is 4.77. The number of carbonyl (C=O) groups excluding carboxylic acids is 1. The van der Waals surface area contributed by atoms with Gasteiger partial charge in [-0.25, -0.2) is 9.78 Å². The fourth-order valence-electron chi connectivity index (χ4n) is 4.77. The first-order valence-electron chi connectivity index (χ1n) is 10.8. The number of ether oxygens (including phenoxy) is 1. The molecule has 1 N–H and O–H groups in total. The lowest BCUT2D eigenvalue weighted by molar-refractivity contribution is 0.0284. The van der Waals surface area contributed by atoms with E-state index in [-0.39, 0.29) is 11.5 Å². The van der Waals surface area contributed by atoms with Crippen LogP contribution in [0, 0.1) is 0 Å². The Morgan fingerprint density at radius 2 is 2.03 bits per heavy atom. The SMILES string of the molecule is CCc1cc2cc(-c3cc4n(n3)CCC43CCN(C(=O)OC(C)(C)C)C3)cnc2[nH]1. The maximum Gasteiger partial charge on any atom is 0.410 e. The van der Waals surface area contributed by atoms with Crippen molar-refractivity contribution in [2.45, 2.75) is 64.5 Å². The number of likely N-dealkylation sites (tertiary alicyclic amines) is 1. The van der Waals surface area contributed by atoms with Gasteiger partial charge in [0.15, 0.2) is 0 Å². The standard InChI is InChI=1S/C23H29N5O2/c1-5-17-11-15-10-16(13-24-20(15)25-17)18-12-19-23(7-9-28(19)26-18)6-8-27(14-23)21(29)30-22(2,3)4/h10-13H,5-9,14H2,1-4H3,(H,24,25). The van der Waals surface area contributed by atoms with Gasteiger partial charge in [0.1, 0.15) is 11.2 Å². The van der Waals surface area contributed by atoms with E-state index >= 15 is 0 Å². The molecule has 1 atom stereocenters. The zero-order valence-electron chi connectivity index (χ0n) is 18.2. The Labute approximate surface area is 176 Å². The number of hydrogen-bond donors (Lipinski definition) is 1. The second kappa shape index (κ2) is 6.59. The van der Waals surface area contributed by atoms with Gasteiger partial charge in [-0.3, -0.25) is 4.68 Å². The smallest absolute Gasteiger partial charge is 0.410 e. The van der Waals surface area contributed by atoms with Crippen LogP contribution in [0.15, 0.2) is 24.4 Å². The number of aromatic nitrogens is 4. The molecule has 1 unspecified atom stereocenters. The zero-order chi connectivity index (χ0) is 21.1. The fraction of sp³-hybridized carbons (Fsp3) is 0.522. The molecule has 7 nitrogen and oxygen atoms in total. The molecule has 2 aliphatic rings. The molecule has 0 bridgehead atoms. The number of carbonyl (C=O) groups is 1. The van der Waals surface area contributed by atoms with Crippen molar-refractivity contribution in [2.24, 2.45) is 0 Å². The molecule has 30 heavy (non-hydrogen) atoms. The van der Waals surface area contributed by atoms with Crippen LogP contribution in [0.4, 0.5) is 4.79 Å². The highest BCUT2D eigenvalue weighted by molar-refractivity contribution is 5.81. The van der Waals surface area contributed by atoms with Gasteiger partial charge >= 0.3 is 6.09 Å². The minimum absolute atomic E-state index is 0.0247. The third kappa shape index (κ3) is 3.16. The van der Waals surface area contributed by atoms with Crippen LogP contribution >= 0.6 is 0 Å². The van der Waals surface area contributed by atoms with Gasteiger partial charge in [0, 0.05) is 53.6 Å². The first kappa shape index (κ1) is 19.2. The highest BCUT2D eigenvalue weighted by Gasteiger charge is 2.47. The number of pyridine rings is 1. The molecule has 3 aromatic rings. The summed E-state index contributed by atoms with van der Waals surface area (Å²) >= 11 is 0. The molecule has 3 aromatic heterocycles. The molecular formula is C23H29N5O2. The molecule has 1 fully saturated rings. The van der Waals surface area contributed by atoms with E-state index in [9.17, 15) is 4.79 Å². The lowest BCUT2D eigenvalue weighted by atomic mass is 9.82. The van der Waals surface area contributed by atoms with Crippen LogP contribution in [0.1, 0.15) is 51.9 Å². The minimum Gasteiger partial charge on any atom is -0.444 e. The van der Waals surface area contributed by atoms with Crippen molar-refractivity contribution in [2.75, 3.05) is 13.1 Å². The van der Waals surface area contributed by atoms with Crippen molar-refractivity contribution in [3.8, 4) is 11.3 Å². The molecule has 1 saturated heterocycles. The van der Waals surface area contributed by atoms with Crippen molar-refractivity contribution in [1.29, 1.82) is 0 Å². The molecule has 1 amide bonds. The maximum atomic E-state index is 12.6. The average molecular weight is 408 g/mol. The molecule has 0 saturated carbocycles. The predicted octanol–water partition coefficient (Wildman–Crippen LogP) is 4.27. The zero-order valence-corrected chi connectivity index (χ0v) is 18.2. The summed E-state index contributed by atoms with van der Waals surface area (Å²) in [6, 6.07) is 6.51. The second-order valence-corrected chi connectivity index (χ2v) is 9.63. The monoisotopic (exact) mass is 407 g/mol. The molecule has 0 aromatic carbocycles. The van der Waals surface area contributed by atoms with Gasteiger partial charge < -0.3 is 14.6 Å². The number of fused-ring (bicyclic) bond motifs is 3.